The van der Waals surface area contributed by atoms with Gasteiger partial charge in [0.05, 0.1) is 16.3 Å². The van der Waals surface area contributed by atoms with Crippen molar-refractivity contribution in [3.63, 3.8) is 0 Å². The van der Waals surface area contributed by atoms with Crippen LogP contribution in [0, 0.1) is 0 Å². The molecule has 3 nitrogen and oxygen atoms in total. The standard InChI is InChI=1S/C15H23ClN2O/c1-4-5-6-10-18(11(2)3)15(19)12-8-7-9-13(16)14(12)17/h7-9,11H,4-6,10,17H2,1-3H3. The topological polar surface area (TPSA) is 46.3 Å². The molecule has 0 saturated heterocycles. The minimum Gasteiger partial charge on any atom is -0.397 e. The molecule has 0 unspecified atom stereocenters. The van der Waals surface area contributed by atoms with Gasteiger partial charge >= 0.3 is 0 Å². The van der Waals surface area contributed by atoms with Crippen LogP contribution in [0.3, 0.4) is 0 Å². The average Bonchev–Trinajstić information content (AvgIpc) is 2.37. The van der Waals surface area contributed by atoms with Crippen LogP contribution in [-0.4, -0.2) is 23.4 Å². The van der Waals surface area contributed by atoms with E-state index in [1.54, 1.807) is 18.2 Å². The summed E-state index contributed by atoms with van der Waals surface area (Å²) in [7, 11) is 0. The summed E-state index contributed by atoms with van der Waals surface area (Å²) in [5, 5.41) is 0.433. The molecule has 1 rings (SSSR count). The number of hydrogen-bond donors (Lipinski definition) is 1. The molecule has 19 heavy (non-hydrogen) atoms. The van der Waals surface area contributed by atoms with Gasteiger partial charge in [-0.15, -0.1) is 0 Å². The zero-order chi connectivity index (χ0) is 14.4. The van der Waals surface area contributed by atoms with E-state index in [0.717, 1.165) is 25.8 Å². The van der Waals surface area contributed by atoms with Crippen molar-refractivity contribution in [2.45, 2.75) is 46.1 Å². The maximum absolute atomic E-state index is 12.5. The highest BCUT2D eigenvalue weighted by Gasteiger charge is 2.20. The number of unbranched alkanes of at least 4 members (excludes halogenated alkanes) is 2. The summed E-state index contributed by atoms with van der Waals surface area (Å²) in [4.78, 5) is 14.4. The minimum absolute atomic E-state index is 0.0360. The Bertz CT molecular complexity index is 432. The predicted octanol–water partition coefficient (Wildman–Crippen LogP) is 3.96. The smallest absolute Gasteiger partial charge is 0.256 e. The van der Waals surface area contributed by atoms with Crippen LogP contribution in [0.25, 0.3) is 0 Å². The van der Waals surface area contributed by atoms with E-state index in [1.165, 1.54) is 0 Å². The van der Waals surface area contributed by atoms with Crippen LogP contribution in [0.1, 0.15) is 50.4 Å². The number of halogens is 1. The predicted molar refractivity (Wildman–Crippen MR) is 81.6 cm³/mol. The van der Waals surface area contributed by atoms with Crippen LogP contribution in [0.5, 0.6) is 0 Å². The molecular weight excluding hydrogens is 260 g/mol. The van der Waals surface area contributed by atoms with Crippen molar-refractivity contribution in [1.29, 1.82) is 0 Å². The van der Waals surface area contributed by atoms with E-state index in [2.05, 4.69) is 6.92 Å². The first kappa shape index (κ1) is 15.8. The zero-order valence-corrected chi connectivity index (χ0v) is 12.7. The molecule has 0 radical (unpaired) electrons. The van der Waals surface area contributed by atoms with Gasteiger partial charge in [0.15, 0.2) is 0 Å². The number of nitrogens with two attached hydrogens (primary N) is 1. The Morgan fingerprint density at radius 2 is 2.05 bits per heavy atom. The van der Waals surface area contributed by atoms with Gasteiger partial charge in [0, 0.05) is 12.6 Å². The Morgan fingerprint density at radius 3 is 2.63 bits per heavy atom. The SMILES string of the molecule is CCCCCN(C(=O)c1cccc(Cl)c1N)C(C)C. The van der Waals surface area contributed by atoms with Crippen molar-refractivity contribution >= 4 is 23.2 Å². The third-order valence-electron chi connectivity index (χ3n) is 3.17. The molecule has 0 atom stereocenters. The molecule has 0 aromatic heterocycles. The van der Waals surface area contributed by atoms with Gasteiger partial charge < -0.3 is 10.6 Å². The third-order valence-corrected chi connectivity index (χ3v) is 3.50. The summed E-state index contributed by atoms with van der Waals surface area (Å²) in [6.45, 7) is 6.95. The number of para-hydroxylation sites is 1. The molecule has 0 saturated carbocycles. The molecule has 2 N–H and O–H groups in total. The van der Waals surface area contributed by atoms with Crippen molar-refractivity contribution in [2.75, 3.05) is 12.3 Å². The van der Waals surface area contributed by atoms with Crippen LogP contribution in [0.2, 0.25) is 5.02 Å². The third kappa shape index (κ3) is 4.13. The summed E-state index contributed by atoms with van der Waals surface area (Å²) in [5.41, 5.74) is 6.77. The maximum atomic E-state index is 12.5. The molecule has 0 fully saturated rings. The largest absolute Gasteiger partial charge is 0.397 e. The first-order valence-electron chi connectivity index (χ1n) is 6.84. The van der Waals surface area contributed by atoms with Crippen LogP contribution in [-0.2, 0) is 0 Å². The molecule has 0 bridgehead atoms. The Kier molecular flexibility index (Phi) is 6.16. The van der Waals surface area contributed by atoms with Gasteiger partial charge in [-0.25, -0.2) is 0 Å². The van der Waals surface area contributed by atoms with E-state index in [-0.39, 0.29) is 11.9 Å². The number of anilines is 1. The van der Waals surface area contributed by atoms with Crippen molar-refractivity contribution in [3.05, 3.63) is 28.8 Å². The summed E-state index contributed by atoms with van der Waals surface area (Å²) >= 11 is 5.97. The Labute approximate surface area is 120 Å². The minimum atomic E-state index is -0.0360. The summed E-state index contributed by atoms with van der Waals surface area (Å²) in [6, 6.07) is 5.35. The highest BCUT2D eigenvalue weighted by molar-refractivity contribution is 6.33. The molecule has 0 aliphatic rings. The lowest BCUT2D eigenvalue weighted by Crippen LogP contribution is -2.38. The number of carbonyl (C=O) groups is 1. The fourth-order valence-corrected chi connectivity index (χ4v) is 2.18. The molecule has 1 aromatic carbocycles. The lowest BCUT2D eigenvalue weighted by atomic mass is 10.1. The summed E-state index contributed by atoms with van der Waals surface area (Å²) < 4.78 is 0. The number of nitrogen functional groups attached to an aromatic ring is 1. The summed E-state index contributed by atoms with van der Waals surface area (Å²) in [6.07, 6.45) is 3.28. The van der Waals surface area contributed by atoms with Crippen LogP contribution < -0.4 is 5.73 Å². The van der Waals surface area contributed by atoms with E-state index in [9.17, 15) is 4.79 Å². The lowest BCUT2D eigenvalue weighted by molar-refractivity contribution is 0.0703. The fraction of sp³-hybridized carbons (Fsp3) is 0.533. The molecular formula is C15H23ClN2O. The fourth-order valence-electron chi connectivity index (χ4n) is 2.00. The van der Waals surface area contributed by atoms with Gasteiger partial charge in [-0.3, -0.25) is 4.79 Å². The second kappa shape index (κ2) is 7.39. The Balaban J connectivity index is 2.90. The highest BCUT2D eigenvalue weighted by atomic mass is 35.5. The molecule has 0 spiro atoms. The Morgan fingerprint density at radius 1 is 1.37 bits per heavy atom. The van der Waals surface area contributed by atoms with E-state index in [0.29, 0.717) is 16.3 Å². The molecule has 0 aliphatic heterocycles. The number of hydrogen-bond acceptors (Lipinski definition) is 2. The molecule has 0 aliphatic carbocycles. The number of carbonyl (C=O) groups excluding carboxylic acids is 1. The van der Waals surface area contributed by atoms with Crippen molar-refractivity contribution < 1.29 is 4.79 Å². The molecule has 0 heterocycles. The first-order chi connectivity index (χ1) is 8.99. The zero-order valence-electron chi connectivity index (χ0n) is 11.9. The van der Waals surface area contributed by atoms with E-state index in [1.807, 2.05) is 18.7 Å². The van der Waals surface area contributed by atoms with Gasteiger partial charge in [-0.05, 0) is 32.4 Å². The quantitative estimate of drug-likeness (QED) is 0.634. The van der Waals surface area contributed by atoms with Crippen molar-refractivity contribution in [3.8, 4) is 0 Å². The normalized spacial score (nSPS) is 10.8. The molecule has 1 aromatic rings. The van der Waals surface area contributed by atoms with Crippen molar-refractivity contribution in [2.24, 2.45) is 0 Å². The molecule has 1 amide bonds. The van der Waals surface area contributed by atoms with Crippen LogP contribution in [0.15, 0.2) is 18.2 Å². The van der Waals surface area contributed by atoms with Gasteiger partial charge in [0.25, 0.3) is 5.91 Å². The lowest BCUT2D eigenvalue weighted by Gasteiger charge is -2.27. The van der Waals surface area contributed by atoms with E-state index < -0.39 is 0 Å². The van der Waals surface area contributed by atoms with Crippen LogP contribution >= 0.6 is 11.6 Å². The van der Waals surface area contributed by atoms with Gasteiger partial charge in [-0.2, -0.15) is 0 Å². The van der Waals surface area contributed by atoms with Crippen LogP contribution in [0.4, 0.5) is 5.69 Å². The molecule has 106 valence electrons. The number of amides is 1. The first-order valence-corrected chi connectivity index (χ1v) is 7.21. The van der Waals surface area contributed by atoms with E-state index in [4.69, 9.17) is 17.3 Å². The second-order valence-electron chi connectivity index (χ2n) is 5.00. The summed E-state index contributed by atoms with van der Waals surface area (Å²) in [5.74, 6) is -0.0360. The number of nitrogens with zero attached hydrogens (tertiary/aromatic N) is 1. The maximum Gasteiger partial charge on any atom is 0.256 e. The monoisotopic (exact) mass is 282 g/mol. The molecule has 4 heteroatoms. The van der Waals surface area contributed by atoms with Gasteiger partial charge in [0.1, 0.15) is 0 Å². The van der Waals surface area contributed by atoms with Gasteiger partial charge in [0.2, 0.25) is 0 Å². The van der Waals surface area contributed by atoms with Crippen molar-refractivity contribution in [1.82, 2.24) is 4.90 Å². The number of benzene rings is 1. The average molecular weight is 283 g/mol. The van der Waals surface area contributed by atoms with E-state index >= 15 is 0 Å². The van der Waals surface area contributed by atoms with Gasteiger partial charge in [-0.1, -0.05) is 37.4 Å². The Hall–Kier alpha value is -1.22. The number of rotatable bonds is 6. The highest BCUT2D eigenvalue weighted by Crippen LogP contribution is 2.24. The second-order valence-corrected chi connectivity index (χ2v) is 5.41.